The topological polar surface area (TPSA) is 67.4 Å². The van der Waals surface area contributed by atoms with Gasteiger partial charge in [0.15, 0.2) is 5.11 Å². The summed E-state index contributed by atoms with van der Waals surface area (Å²) in [5.74, 6) is 0.802. The molecule has 7 nitrogen and oxygen atoms in total. The average molecular weight is 381 g/mol. The molecular weight excluding hydrogens is 352 g/mol. The summed E-state index contributed by atoms with van der Waals surface area (Å²) in [6.45, 7) is 7.69. The SMILES string of the molecule is COCc1cc(/C(C)=N\NC(=S)NCCN2CCOCC2)ccc1OC. The second-order valence-corrected chi connectivity index (χ2v) is 6.39. The van der Waals surface area contributed by atoms with Gasteiger partial charge in [-0.15, -0.1) is 0 Å². The van der Waals surface area contributed by atoms with E-state index in [9.17, 15) is 0 Å². The number of methoxy groups -OCH3 is 2. The van der Waals surface area contributed by atoms with Gasteiger partial charge in [0.2, 0.25) is 0 Å². The Morgan fingerprint density at radius 2 is 2.08 bits per heavy atom. The fourth-order valence-electron chi connectivity index (χ4n) is 2.66. The molecule has 0 radical (unpaired) electrons. The van der Waals surface area contributed by atoms with Gasteiger partial charge < -0.3 is 19.5 Å². The molecule has 0 saturated carbocycles. The highest BCUT2D eigenvalue weighted by molar-refractivity contribution is 7.80. The molecule has 0 unspecified atom stereocenters. The molecule has 0 aromatic heterocycles. The third-order valence-electron chi connectivity index (χ3n) is 4.14. The van der Waals surface area contributed by atoms with Crippen molar-refractivity contribution in [3.05, 3.63) is 29.3 Å². The number of morpholine rings is 1. The van der Waals surface area contributed by atoms with Gasteiger partial charge in [-0.2, -0.15) is 5.10 Å². The summed E-state index contributed by atoms with van der Waals surface area (Å²) < 4.78 is 15.9. The van der Waals surface area contributed by atoms with Crippen molar-refractivity contribution in [3.63, 3.8) is 0 Å². The second-order valence-electron chi connectivity index (χ2n) is 5.98. The van der Waals surface area contributed by atoms with Crippen molar-refractivity contribution in [3.8, 4) is 5.75 Å². The summed E-state index contributed by atoms with van der Waals surface area (Å²) >= 11 is 5.28. The van der Waals surface area contributed by atoms with Crippen LogP contribution in [0.4, 0.5) is 0 Å². The van der Waals surface area contributed by atoms with E-state index in [0.717, 1.165) is 62.0 Å². The van der Waals surface area contributed by atoms with E-state index >= 15 is 0 Å². The van der Waals surface area contributed by atoms with Crippen molar-refractivity contribution in [2.75, 3.05) is 53.6 Å². The first-order chi connectivity index (χ1) is 12.6. The van der Waals surface area contributed by atoms with Crippen molar-refractivity contribution in [2.45, 2.75) is 13.5 Å². The van der Waals surface area contributed by atoms with Crippen LogP contribution in [-0.4, -0.2) is 69.3 Å². The quantitative estimate of drug-likeness (QED) is 0.401. The first-order valence-corrected chi connectivity index (χ1v) is 9.09. The lowest BCUT2D eigenvalue weighted by molar-refractivity contribution is 0.0389. The van der Waals surface area contributed by atoms with Gasteiger partial charge in [-0.1, -0.05) is 0 Å². The minimum absolute atomic E-state index is 0.485. The smallest absolute Gasteiger partial charge is 0.187 e. The van der Waals surface area contributed by atoms with Gasteiger partial charge in [0.05, 0.1) is 32.6 Å². The predicted octanol–water partition coefficient (Wildman–Crippen LogP) is 1.36. The maximum atomic E-state index is 5.35. The fraction of sp³-hybridized carbons (Fsp3) is 0.556. The van der Waals surface area contributed by atoms with Crippen LogP contribution in [0.15, 0.2) is 23.3 Å². The van der Waals surface area contributed by atoms with E-state index in [1.807, 2.05) is 25.1 Å². The number of ether oxygens (including phenoxy) is 3. The number of hydrogen-bond donors (Lipinski definition) is 2. The third kappa shape index (κ3) is 6.53. The van der Waals surface area contributed by atoms with Crippen LogP contribution in [-0.2, 0) is 16.1 Å². The molecule has 0 bridgehead atoms. The molecular formula is C18H28N4O3S. The van der Waals surface area contributed by atoms with Crippen LogP contribution in [0.25, 0.3) is 0 Å². The zero-order valence-corrected chi connectivity index (χ0v) is 16.5. The molecule has 144 valence electrons. The number of thiocarbonyl (C=S) groups is 1. The summed E-state index contributed by atoms with van der Waals surface area (Å²) in [5, 5.41) is 8.06. The number of hydrogen-bond acceptors (Lipinski definition) is 6. The number of nitrogens with one attached hydrogen (secondary N) is 2. The summed E-state index contributed by atoms with van der Waals surface area (Å²) in [5.41, 5.74) is 5.70. The van der Waals surface area contributed by atoms with Gasteiger partial charge >= 0.3 is 0 Å². The second kappa shape index (κ2) is 11.1. The largest absolute Gasteiger partial charge is 0.496 e. The molecule has 1 heterocycles. The molecule has 0 atom stereocenters. The van der Waals surface area contributed by atoms with Gasteiger partial charge in [-0.25, -0.2) is 0 Å². The first-order valence-electron chi connectivity index (χ1n) is 8.68. The lowest BCUT2D eigenvalue weighted by Crippen LogP contribution is -2.42. The minimum Gasteiger partial charge on any atom is -0.496 e. The summed E-state index contributed by atoms with van der Waals surface area (Å²) in [4.78, 5) is 2.35. The lowest BCUT2D eigenvalue weighted by atomic mass is 10.1. The Balaban J connectivity index is 1.82. The Bertz CT molecular complexity index is 618. The molecule has 8 heteroatoms. The van der Waals surface area contributed by atoms with E-state index in [0.29, 0.717) is 11.7 Å². The van der Waals surface area contributed by atoms with Crippen LogP contribution in [0.1, 0.15) is 18.1 Å². The minimum atomic E-state index is 0.485. The third-order valence-corrected chi connectivity index (χ3v) is 4.38. The number of nitrogens with zero attached hydrogens (tertiary/aromatic N) is 2. The van der Waals surface area contributed by atoms with E-state index in [-0.39, 0.29) is 0 Å². The Hall–Kier alpha value is -1.74. The van der Waals surface area contributed by atoms with Crippen molar-refractivity contribution in [2.24, 2.45) is 5.10 Å². The molecule has 0 aliphatic carbocycles. The van der Waals surface area contributed by atoms with Crippen LogP contribution in [0.3, 0.4) is 0 Å². The molecule has 0 spiro atoms. The molecule has 1 fully saturated rings. The maximum Gasteiger partial charge on any atom is 0.187 e. The summed E-state index contributed by atoms with van der Waals surface area (Å²) in [6.07, 6.45) is 0. The fourth-order valence-corrected chi connectivity index (χ4v) is 2.81. The van der Waals surface area contributed by atoms with Gasteiger partial charge in [0, 0.05) is 38.9 Å². The summed E-state index contributed by atoms with van der Waals surface area (Å²) in [7, 11) is 3.31. The van der Waals surface area contributed by atoms with Crippen LogP contribution in [0.5, 0.6) is 5.75 Å². The van der Waals surface area contributed by atoms with E-state index in [1.165, 1.54) is 0 Å². The molecule has 1 aliphatic rings. The molecule has 2 rings (SSSR count). The highest BCUT2D eigenvalue weighted by Gasteiger charge is 2.09. The molecule has 0 amide bonds. The zero-order valence-electron chi connectivity index (χ0n) is 15.7. The van der Waals surface area contributed by atoms with Crippen LogP contribution >= 0.6 is 12.2 Å². The molecule has 2 N–H and O–H groups in total. The Morgan fingerprint density at radius 3 is 2.77 bits per heavy atom. The molecule has 1 aromatic rings. The average Bonchev–Trinajstić information content (AvgIpc) is 2.67. The predicted molar refractivity (Wildman–Crippen MR) is 107 cm³/mol. The van der Waals surface area contributed by atoms with Crippen molar-refractivity contribution < 1.29 is 14.2 Å². The van der Waals surface area contributed by atoms with Gasteiger partial charge in [-0.3, -0.25) is 10.3 Å². The Labute approximate surface area is 160 Å². The number of benzene rings is 1. The van der Waals surface area contributed by atoms with Crippen molar-refractivity contribution in [1.82, 2.24) is 15.6 Å². The van der Waals surface area contributed by atoms with E-state index < -0.39 is 0 Å². The zero-order chi connectivity index (χ0) is 18.8. The van der Waals surface area contributed by atoms with E-state index in [4.69, 9.17) is 26.4 Å². The molecule has 1 aliphatic heterocycles. The van der Waals surface area contributed by atoms with Crippen LogP contribution in [0.2, 0.25) is 0 Å². The van der Waals surface area contributed by atoms with Crippen LogP contribution in [0, 0.1) is 0 Å². The van der Waals surface area contributed by atoms with Gasteiger partial charge in [0.1, 0.15) is 5.75 Å². The number of rotatable bonds is 8. The van der Waals surface area contributed by atoms with Gasteiger partial charge in [0.25, 0.3) is 0 Å². The maximum absolute atomic E-state index is 5.35. The number of hydrazone groups is 1. The molecule has 1 saturated heterocycles. The molecule has 1 aromatic carbocycles. The van der Waals surface area contributed by atoms with E-state index in [1.54, 1.807) is 14.2 Å². The summed E-state index contributed by atoms with van der Waals surface area (Å²) in [6, 6.07) is 5.90. The van der Waals surface area contributed by atoms with Crippen molar-refractivity contribution in [1.29, 1.82) is 0 Å². The highest BCUT2D eigenvalue weighted by atomic mass is 32.1. The Kier molecular flexibility index (Phi) is 8.76. The van der Waals surface area contributed by atoms with Crippen LogP contribution < -0.4 is 15.5 Å². The normalized spacial score (nSPS) is 15.6. The standard InChI is InChI=1S/C18H28N4O3S/c1-14(15-4-5-17(24-3)16(12-15)13-23-2)20-21-18(26)19-6-7-22-8-10-25-11-9-22/h4-5,12H,6-11,13H2,1-3H3,(H2,19,21,26)/b20-14-. The van der Waals surface area contributed by atoms with E-state index in [2.05, 4.69) is 20.7 Å². The lowest BCUT2D eigenvalue weighted by Gasteiger charge is -2.26. The Morgan fingerprint density at radius 1 is 1.31 bits per heavy atom. The van der Waals surface area contributed by atoms with Gasteiger partial charge in [-0.05, 0) is 42.9 Å². The molecule has 26 heavy (non-hydrogen) atoms. The monoisotopic (exact) mass is 380 g/mol. The van der Waals surface area contributed by atoms with Crippen molar-refractivity contribution >= 4 is 23.0 Å². The first kappa shape index (κ1) is 20.6. The highest BCUT2D eigenvalue weighted by Crippen LogP contribution is 2.21.